The Bertz CT molecular complexity index is 492. The average Bonchev–Trinajstić information content (AvgIpc) is 2.81. The van der Waals surface area contributed by atoms with Crippen molar-refractivity contribution < 1.29 is 19.0 Å². The van der Waals surface area contributed by atoms with E-state index in [2.05, 4.69) is 0 Å². The number of halogens is 1. The van der Waals surface area contributed by atoms with E-state index in [-0.39, 0.29) is 24.9 Å². The van der Waals surface area contributed by atoms with Gasteiger partial charge >= 0.3 is 0 Å². The van der Waals surface area contributed by atoms with Crippen molar-refractivity contribution in [1.82, 2.24) is 9.80 Å². The number of ether oxygens (including phenoxy) is 1. The lowest BCUT2D eigenvalue weighted by molar-refractivity contribution is -0.132. The maximum Gasteiger partial charge on any atom is 0.236 e. The predicted octanol–water partition coefficient (Wildman–Crippen LogP) is 0.729. The van der Waals surface area contributed by atoms with E-state index >= 15 is 0 Å². The first kappa shape index (κ1) is 15.7. The molecule has 6 heteroatoms. The van der Waals surface area contributed by atoms with E-state index in [0.717, 1.165) is 0 Å². The third-order valence-electron chi connectivity index (χ3n) is 3.46. The van der Waals surface area contributed by atoms with Crippen LogP contribution in [-0.4, -0.2) is 66.8 Å². The molecule has 1 aliphatic rings. The second-order valence-electron chi connectivity index (χ2n) is 5.77. The normalized spacial score (nSPS) is 21.9. The minimum absolute atomic E-state index is 0.00212. The quantitative estimate of drug-likeness (QED) is 0.870. The fourth-order valence-corrected chi connectivity index (χ4v) is 2.31. The highest BCUT2D eigenvalue weighted by Crippen LogP contribution is 2.23. The average molecular weight is 296 g/mol. The maximum atomic E-state index is 12.8. The van der Waals surface area contributed by atoms with E-state index in [1.807, 2.05) is 14.1 Å². The molecule has 5 nitrogen and oxygen atoms in total. The zero-order valence-corrected chi connectivity index (χ0v) is 12.4. The number of β-amino-alcohol motifs (C(OH)–C–C–N with tert-alkyl or cyclic N) is 1. The number of likely N-dealkylation sites (N-methyl/N-ethyl adjacent to an activating group) is 1. The smallest absolute Gasteiger partial charge is 0.236 e. The second kappa shape index (κ2) is 6.41. The summed E-state index contributed by atoms with van der Waals surface area (Å²) in [6, 6.07) is 5.65. The molecule has 0 unspecified atom stereocenters. The number of carbonyl (C=O) groups is 1. The number of hydrogen-bond donors (Lipinski definition) is 1. The van der Waals surface area contributed by atoms with Gasteiger partial charge in [0.05, 0.1) is 13.1 Å². The molecule has 1 aromatic carbocycles. The Morgan fingerprint density at radius 1 is 1.43 bits per heavy atom. The van der Waals surface area contributed by atoms with Gasteiger partial charge in [-0.05, 0) is 44.8 Å². The van der Waals surface area contributed by atoms with E-state index in [9.17, 15) is 14.3 Å². The highest BCUT2D eigenvalue weighted by Gasteiger charge is 2.38. The van der Waals surface area contributed by atoms with Gasteiger partial charge < -0.3 is 19.6 Å². The molecule has 1 N–H and O–H groups in total. The molecule has 2 rings (SSSR count). The van der Waals surface area contributed by atoms with Gasteiger partial charge in [-0.3, -0.25) is 4.79 Å². The molecule has 0 aliphatic carbocycles. The highest BCUT2D eigenvalue weighted by atomic mass is 19.1. The number of rotatable bonds is 5. The molecular weight excluding hydrogens is 275 g/mol. The van der Waals surface area contributed by atoms with Gasteiger partial charge in [0.15, 0.2) is 0 Å². The summed E-state index contributed by atoms with van der Waals surface area (Å²) >= 11 is 0. The van der Waals surface area contributed by atoms with Gasteiger partial charge in [0.2, 0.25) is 5.91 Å². The van der Waals surface area contributed by atoms with Crippen LogP contribution in [0, 0.1) is 5.82 Å². The summed E-state index contributed by atoms with van der Waals surface area (Å²) in [5.41, 5.74) is -1.05. The summed E-state index contributed by atoms with van der Waals surface area (Å²) in [4.78, 5) is 15.4. The fourth-order valence-electron chi connectivity index (χ4n) is 2.31. The number of hydrogen-bond acceptors (Lipinski definition) is 4. The van der Waals surface area contributed by atoms with Crippen LogP contribution in [0.15, 0.2) is 24.3 Å². The minimum Gasteiger partial charge on any atom is -0.491 e. The lowest BCUT2D eigenvalue weighted by Crippen LogP contribution is -2.42. The van der Waals surface area contributed by atoms with Crippen LogP contribution in [0.4, 0.5) is 4.39 Å². The van der Waals surface area contributed by atoms with Crippen LogP contribution in [0.25, 0.3) is 0 Å². The number of likely N-dealkylation sites (tertiary alicyclic amines) is 1. The van der Waals surface area contributed by atoms with Gasteiger partial charge in [-0.15, -0.1) is 0 Å². The van der Waals surface area contributed by atoms with E-state index in [0.29, 0.717) is 25.3 Å². The molecule has 116 valence electrons. The molecule has 1 atom stereocenters. The van der Waals surface area contributed by atoms with Gasteiger partial charge in [-0.1, -0.05) is 0 Å². The number of carbonyl (C=O) groups excluding carboxylic acids is 1. The van der Waals surface area contributed by atoms with Crippen molar-refractivity contribution in [1.29, 1.82) is 0 Å². The van der Waals surface area contributed by atoms with Gasteiger partial charge in [-0.2, -0.15) is 0 Å². The lowest BCUT2D eigenvalue weighted by atomic mass is 10.1. The first-order valence-electron chi connectivity index (χ1n) is 6.91. The van der Waals surface area contributed by atoms with Crippen LogP contribution in [-0.2, 0) is 4.79 Å². The first-order valence-corrected chi connectivity index (χ1v) is 6.91. The maximum absolute atomic E-state index is 12.8. The fraction of sp³-hybridized carbons (Fsp3) is 0.533. The number of aliphatic hydroxyl groups is 1. The molecule has 1 heterocycles. The Hall–Kier alpha value is -1.66. The van der Waals surface area contributed by atoms with Crippen LogP contribution in [0.3, 0.4) is 0 Å². The summed E-state index contributed by atoms with van der Waals surface area (Å²) in [5.74, 6) is 0.169. The Morgan fingerprint density at radius 3 is 2.71 bits per heavy atom. The van der Waals surface area contributed by atoms with Crippen molar-refractivity contribution in [2.24, 2.45) is 0 Å². The van der Waals surface area contributed by atoms with Gasteiger partial charge in [0.25, 0.3) is 0 Å². The number of amides is 1. The molecular formula is C15H21FN2O3. The number of nitrogens with zero attached hydrogens (tertiary/aromatic N) is 2. The lowest BCUT2D eigenvalue weighted by Gasteiger charge is -2.24. The van der Waals surface area contributed by atoms with E-state index in [4.69, 9.17) is 4.74 Å². The van der Waals surface area contributed by atoms with Gasteiger partial charge in [0, 0.05) is 6.54 Å². The topological polar surface area (TPSA) is 53.0 Å². The number of benzene rings is 1. The molecule has 1 aliphatic heterocycles. The summed E-state index contributed by atoms with van der Waals surface area (Å²) in [5, 5.41) is 10.5. The molecule has 1 fully saturated rings. The monoisotopic (exact) mass is 296 g/mol. The molecule has 1 saturated heterocycles. The summed E-state index contributed by atoms with van der Waals surface area (Å²) in [7, 11) is 3.66. The standard InChI is InChI=1S/C15H21FN2O3/c1-17(2)9-14(19)18-8-7-15(20,10-18)11-21-13-5-3-12(16)4-6-13/h3-6,20H,7-11H2,1-2H3/t15-/m1/s1. The largest absolute Gasteiger partial charge is 0.491 e. The zero-order valence-electron chi connectivity index (χ0n) is 12.4. The Labute approximate surface area is 123 Å². The van der Waals surface area contributed by atoms with Crippen LogP contribution < -0.4 is 4.74 Å². The third kappa shape index (κ3) is 4.41. The predicted molar refractivity (Wildman–Crippen MR) is 76.6 cm³/mol. The van der Waals surface area contributed by atoms with Crippen LogP contribution in [0.2, 0.25) is 0 Å². The summed E-state index contributed by atoms with van der Waals surface area (Å²) in [6.07, 6.45) is 0.480. The van der Waals surface area contributed by atoms with Crippen molar-refractivity contribution in [2.45, 2.75) is 12.0 Å². The highest BCUT2D eigenvalue weighted by molar-refractivity contribution is 5.78. The minimum atomic E-state index is -1.05. The molecule has 1 amide bonds. The third-order valence-corrected chi connectivity index (χ3v) is 3.46. The molecule has 1 aromatic rings. The van der Waals surface area contributed by atoms with Crippen molar-refractivity contribution in [3.05, 3.63) is 30.1 Å². The van der Waals surface area contributed by atoms with Crippen molar-refractivity contribution in [3.63, 3.8) is 0 Å². The Balaban J connectivity index is 1.86. The van der Waals surface area contributed by atoms with Crippen LogP contribution in [0.5, 0.6) is 5.75 Å². The first-order chi connectivity index (χ1) is 9.88. The van der Waals surface area contributed by atoms with E-state index < -0.39 is 5.60 Å². The van der Waals surface area contributed by atoms with Crippen molar-refractivity contribution in [2.75, 3.05) is 40.3 Å². The zero-order chi connectivity index (χ0) is 15.5. The molecule has 0 radical (unpaired) electrons. The van der Waals surface area contributed by atoms with E-state index in [1.165, 1.54) is 24.3 Å². The molecule has 21 heavy (non-hydrogen) atoms. The summed E-state index contributed by atoms with van der Waals surface area (Å²) < 4.78 is 18.3. The molecule has 0 aromatic heterocycles. The Morgan fingerprint density at radius 2 is 2.10 bits per heavy atom. The van der Waals surface area contributed by atoms with Gasteiger partial charge in [-0.25, -0.2) is 4.39 Å². The Kier molecular flexibility index (Phi) is 4.80. The van der Waals surface area contributed by atoms with Crippen LogP contribution in [0.1, 0.15) is 6.42 Å². The summed E-state index contributed by atoms with van der Waals surface area (Å²) in [6.45, 7) is 1.20. The van der Waals surface area contributed by atoms with Crippen molar-refractivity contribution >= 4 is 5.91 Å². The second-order valence-corrected chi connectivity index (χ2v) is 5.77. The van der Waals surface area contributed by atoms with Crippen LogP contribution >= 0.6 is 0 Å². The van der Waals surface area contributed by atoms with Gasteiger partial charge in [0.1, 0.15) is 23.8 Å². The molecule has 0 spiro atoms. The van der Waals surface area contributed by atoms with Crippen molar-refractivity contribution in [3.8, 4) is 5.75 Å². The molecule has 0 bridgehead atoms. The van der Waals surface area contributed by atoms with E-state index in [1.54, 1.807) is 9.80 Å². The SMILES string of the molecule is CN(C)CC(=O)N1CC[C@](O)(COc2ccc(F)cc2)C1. The molecule has 0 saturated carbocycles.